The molecule has 2 fully saturated rings. The van der Waals surface area contributed by atoms with Gasteiger partial charge in [-0.05, 0) is 49.8 Å². The molecule has 1 saturated carbocycles. The number of ether oxygens (including phenoxy) is 1. The van der Waals surface area contributed by atoms with Crippen LogP contribution in [0.2, 0.25) is 0 Å². The van der Waals surface area contributed by atoms with Gasteiger partial charge in [-0.1, -0.05) is 37.1 Å². The van der Waals surface area contributed by atoms with E-state index in [0.29, 0.717) is 24.1 Å². The summed E-state index contributed by atoms with van der Waals surface area (Å²) in [5.41, 5.74) is 8.90. The van der Waals surface area contributed by atoms with Crippen molar-refractivity contribution in [1.82, 2.24) is 9.88 Å². The highest BCUT2D eigenvalue weighted by atomic mass is 16.5. The summed E-state index contributed by atoms with van der Waals surface area (Å²) >= 11 is 0. The molecular weight excluding hydrogens is 388 g/mol. The summed E-state index contributed by atoms with van der Waals surface area (Å²) in [5.74, 6) is 0.599. The fraction of sp³-hybridized carbons (Fsp3) is 0.440. The monoisotopic (exact) mass is 418 g/mol. The molecule has 3 aromatic rings. The number of nitrogens with two attached hydrogens (primary N) is 1. The van der Waals surface area contributed by atoms with Gasteiger partial charge in [0.1, 0.15) is 0 Å². The molecule has 2 heterocycles. The smallest absolute Gasteiger partial charge is 0.258 e. The van der Waals surface area contributed by atoms with Crippen molar-refractivity contribution in [2.75, 3.05) is 19.8 Å². The minimum atomic E-state index is -0.210. The predicted molar refractivity (Wildman–Crippen MR) is 124 cm³/mol. The van der Waals surface area contributed by atoms with Gasteiger partial charge in [0.2, 0.25) is 0 Å². The van der Waals surface area contributed by atoms with Gasteiger partial charge in [0, 0.05) is 47.7 Å². The molecule has 0 atom stereocenters. The summed E-state index contributed by atoms with van der Waals surface area (Å²) in [4.78, 5) is 17.3. The Morgan fingerprint density at radius 2 is 1.77 bits per heavy atom. The lowest BCUT2D eigenvalue weighted by molar-refractivity contribution is 0.0717. The van der Waals surface area contributed by atoms with Crippen molar-refractivity contribution >= 4 is 33.7 Å². The van der Waals surface area contributed by atoms with E-state index >= 15 is 0 Å². The number of rotatable bonds is 4. The number of nitrogens with zero attached hydrogens (tertiary/aromatic N) is 2. The van der Waals surface area contributed by atoms with E-state index in [1.165, 1.54) is 42.0 Å². The second-order valence-electron chi connectivity index (χ2n) is 8.79. The number of hydrogen-bond acceptors (Lipinski definition) is 3. The third kappa shape index (κ3) is 4.04. The molecule has 5 rings (SSSR count). The van der Waals surface area contributed by atoms with Crippen LogP contribution < -0.4 is 11.1 Å². The molecule has 0 spiro atoms. The highest BCUT2D eigenvalue weighted by molar-refractivity contribution is 6.12. The van der Waals surface area contributed by atoms with Crippen LogP contribution in [0.25, 0.3) is 21.8 Å². The van der Waals surface area contributed by atoms with Crippen LogP contribution in [0, 0.1) is 5.92 Å². The molecule has 3 N–H and O–H groups in total. The molecule has 1 amide bonds. The van der Waals surface area contributed by atoms with Crippen molar-refractivity contribution in [2.24, 2.45) is 16.6 Å². The van der Waals surface area contributed by atoms with Crippen molar-refractivity contribution < 1.29 is 9.53 Å². The Morgan fingerprint density at radius 3 is 2.58 bits per heavy atom. The van der Waals surface area contributed by atoms with Crippen LogP contribution in [-0.2, 0) is 4.74 Å². The molecule has 1 aromatic heterocycles. The van der Waals surface area contributed by atoms with E-state index in [1.807, 2.05) is 18.2 Å². The summed E-state index contributed by atoms with van der Waals surface area (Å²) < 4.78 is 7.97. The number of benzene rings is 2. The van der Waals surface area contributed by atoms with Gasteiger partial charge in [0.25, 0.3) is 5.91 Å². The van der Waals surface area contributed by atoms with Crippen LogP contribution in [0.5, 0.6) is 0 Å². The summed E-state index contributed by atoms with van der Waals surface area (Å²) in [6.07, 6.45) is 6.91. The molecule has 2 aromatic carbocycles. The molecular formula is C25H30N4O2. The highest BCUT2D eigenvalue weighted by Gasteiger charge is 2.22. The lowest BCUT2D eigenvalue weighted by Gasteiger charge is -2.25. The van der Waals surface area contributed by atoms with Crippen molar-refractivity contribution in [2.45, 2.75) is 44.6 Å². The Labute approximate surface area is 182 Å². The molecule has 0 unspecified atom stereocenters. The minimum absolute atomic E-state index is 0.210. The fourth-order valence-electron chi connectivity index (χ4n) is 5.13. The first-order valence-corrected chi connectivity index (χ1v) is 11.4. The third-order valence-electron chi connectivity index (χ3n) is 6.77. The zero-order valence-corrected chi connectivity index (χ0v) is 17.8. The molecule has 0 radical (unpaired) electrons. The molecule has 6 heteroatoms. The maximum absolute atomic E-state index is 12.9. The number of carbonyl (C=O) groups excluding carboxylic acids is 1. The van der Waals surface area contributed by atoms with Gasteiger partial charge in [-0.25, -0.2) is 0 Å². The van der Waals surface area contributed by atoms with E-state index in [1.54, 1.807) is 0 Å². The number of aromatic nitrogens is 1. The number of fused-ring (bicyclic) bond motifs is 3. The summed E-state index contributed by atoms with van der Waals surface area (Å²) in [6.45, 7) is 2.24. The quantitative estimate of drug-likeness (QED) is 0.487. The van der Waals surface area contributed by atoms with Crippen LogP contribution in [-0.4, -0.2) is 36.2 Å². The van der Waals surface area contributed by atoms with E-state index in [4.69, 9.17) is 10.5 Å². The van der Waals surface area contributed by atoms with Crippen LogP contribution >= 0.6 is 0 Å². The van der Waals surface area contributed by atoms with E-state index in [2.05, 4.69) is 39.1 Å². The van der Waals surface area contributed by atoms with Crippen molar-refractivity contribution in [3.8, 4) is 0 Å². The standard InChI is InChI=1S/C25H30N4O2/c26-25(27-16-17-5-1-2-6-17)28-24(30)18-9-10-21-20-7-3-4-8-22(20)29(23(21)15-18)19-11-13-31-14-12-19/h3-4,7-10,15,17,19H,1-2,5-6,11-14,16H2,(H3,26,27,28,30). The summed E-state index contributed by atoms with van der Waals surface area (Å²) in [7, 11) is 0. The lowest BCUT2D eigenvalue weighted by atomic mass is 10.1. The molecule has 1 aliphatic heterocycles. The highest BCUT2D eigenvalue weighted by Crippen LogP contribution is 2.35. The largest absolute Gasteiger partial charge is 0.381 e. The van der Waals surface area contributed by atoms with Crippen LogP contribution in [0.3, 0.4) is 0 Å². The van der Waals surface area contributed by atoms with E-state index < -0.39 is 0 Å². The lowest BCUT2D eigenvalue weighted by Crippen LogP contribution is -2.37. The number of guanidine groups is 1. The average Bonchev–Trinajstić information content (AvgIpc) is 3.44. The predicted octanol–water partition coefficient (Wildman–Crippen LogP) is 4.38. The Morgan fingerprint density at radius 1 is 1.03 bits per heavy atom. The second-order valence-corrected chi connectivity index (χ2v) is 8.79. The zero-order chi connectivity index (χ0) is 21.2. The second kappa shape index (κ2) is 8.71. The number of para-hydroxylation sites is 1. The normalized spacial score (nSPS) is 18.8. The zero-order valence-electron chi connectivity index (χ0n) is 17.8. The molecule has 1 aliphatic carbocycles. The number of nitrogens with one attached hydrogen (secondary N) is 1. The Kier molecular flexibility index (Phi) is 5.64. The van der Waals surface area contributed by atoms with Crippen molar-refractivity contribution in [3.63, 3.8) is 0 Å². The number of hydrogen-bond donors (Lipinski definition) is 2. The maximum atomic E-state index is 12.9. The molecule has 31 heavy (non-hydrogen) atoms. The van der Waals surface area contributed by atoms with Gasteiger partial charge in [-0.3, -0.25) is 15.1 Å². The van der Waals surface area contributed by atoms with Gasteiger partial charge < -0.3 is 15.0 Å². The molecule has 1 saturated heterocycles. The fourth-order valence-corrected chi connectivity index (χ4v) is 5.13. The van der Waals surface area contributed by atoms with E-state index in [-0.39, 0.29) is 11.9 Å². The van der Waals surface area contributed by atoms with E-state index in [0.717, 1.165) is 31.6 Å². The number of amides is 1. The first-order chi connectivity index (χ1) is 15.2. The van der Waals surface area contributed by atoms with Crippen LogP contribution in [0.15, 0.2) is 47.5 Å². The van der Waals surface area contributed by atoms with Gasteiger partial charge in [-0.2, -0.15) is 0 Å². The van der Waals surface area contributed by atoms with Gasteiger partial charge in [0.05, 0.1) is 5.52 Å². The first-order valence-electron chi connectivity index (χ1n) is 11.4. The molecule has 0 bridgehead atoms. The van der Waals surface area contributed by atoms with Gasteiger partial charge in [-0.15, -0.1) is 0 Å². The van der Waals surface area contributed by atoms with Gasteiger partial charge in [0.15, 0.2) is 5.96 Å². The van der Waals surface area contributed by atoms with Gasteiger partial charge >= 0.3 is 0 Å². The topological polar surface area (TPSA) is 81.6 Å². The van der Waals surface area contributed by atoms with Crippen molar-refractivity contribution in [1.29, 1.82) is 0 Å². The first kappa shape index (κ1) is 20.1. The Hall–Kier alpha value is -2.86. The SMILES string of the molecule is NC(=NCC1CCCC1)NC(=O)c1ccc2c3ccccc3n(C3CCOCC3)c2c1. The van der Waals surface area contributed by atoms with Crippen LogP contribution in [0.4, 0.5) is 0 Å². The molecule has 162 valence electrons. The number of aliphatic imine (C=N–C) groups is 1. The summed E-state index contributed by atoms with van der Waals surface area (Å²) in [5, 5.41) is 5.16. The Bertz CT molecular complexity index is 1120. The molecule has 2 aliphatic rings. The average molecular weight is 419 g/mol. The van der Waals surface area contributed by atoms with Crippen LogP contribution in [0.1, 0.15) is 54.9 Å². The number of carbonyl (C=O) groups is 1. The van der Waals surface area contributed by atoms with Crippen molar-refractivity contribution in [3.05, 3.63) is 48.0 Å². The molecule has 6 nitrogen and oxygen atoms in total. The van der Waals surface area contributed by atoms with E-state index in [9.17, 15) is 4.79 Å². The summed E-state index contributed by atoms with van der Waals surface area (Å²) in [6, 6.07) is 14.7. The third-order valence-corrected chi connectivity index (χ3v) is 6.77. The minimum Gasteiger partial charge on any atom is -0.381 e. The Balaban J connectivity index is 1.45. The maximum Gasteiger partial charge on any atom is 0.258 e.